The molecule has 2 N–H and O–H groups in total. The number of rotatable bonds is 6. The van der Waals surface area contributed by atoms with Gasteiger partial charge in [-0.3, -0.25) is 4.90 Å². The lowest BCUT2D eigenvalue weighted by atomic mass is 10.3. The lowest BCUT2D eigenvalue weighted by Gasteiger charge is -2.15. The molecule has 0 saturated carbocycles. The number of nitrogens with zero attached hydrogens (tertiary/aromatic N) is 2. The van der Waals surface area contributed by atoms with Gasteiger partial charge in [-0.1, -0.05) is 33.0 Å². The lowest BCUT2D eigenvalue weighted by Crippen LogP contribution is -2.21. The van der Waals surface area contributed by atoms with E-state index >= 15 is 0 Å². The third-order valence-electron chi connectivity index (χ3n) is 2.55. The van der Waals surface area contributed by atoms with E-state index in [4.69, 9.17) is 18.0 Å². The second-order valence-electron chi connectivity index (χ2n) is 3.56. The zero-order valence-electron chi connectivity index (χ0n) is 10.1. The maximum absolute atomic E-state index is 5.69. The number of thiocarbonyl (C=S) groups is 1. The summed E-state index contributed by atoms with van der Waals surface area (Å²) in [5.74, 6) is 0. The van der Waals surface area contributed by atoms with Crippen LogP contribution in [0.1, 0.15) is 36.3 Å². The highest BCUT2D eigenvalue weighted by Gasteiger charge is 2.13. The molecule has 1 heterocycles. The van der Waals surface area contributed by atoms with Crippen molar-refractivity contribution < 1.29 is 0 Å². The van der Waals surface area contributed by atoms with Gasteiger partial charge < -0.3 is 5.73 Å². The largest absolute Gasteiger partial charge is 0.389 e. The van der Waals surface area contributed by atoms with Gasteiger partial charge in [0.25, 0.3) is 0 Å². The highest BCUT2D eigenvalue weighted by atomic mass is 32.1. The molecule has 1 rings (SSSR count). The minimum absolute atomic E-state index is 0.472. The van der Waals surface area contributed by atoms with Crippen molar-refractivity contribution in [2.75, 3.05) is 13.1 Å². The van der Waals surface area contributed by atoms with Crippen LogP contribution >= 0.6 is 23.6 Å². The molecule has 0 aliphatic carbocycles. The first-order chi connectivity index (χ1) is 7.62. The van der Waals surface area contributed by atoms with Crippen LogP contribution in [0.15, 0.2) is 0 Å². The van der Waals surface area contributed by atoms with Crippen molar-refractivity contribution in [1.82, 2.24) is 9.88 Å². The van der Waals surface area contributed by atoms with E-state index in [0.29, 0.717) is 4.99 Å². The standard InChI is InChI=1S/C11H19N3S2/c1-4-8-10(11(12)15)16-9(13-8)7-14(5-2)6-3/h4-7H2,1-3H3,(H2,12,15). The third kappa shape index (κ3) is 3.23. The molecule has 1 aromatic rings. The van der Waals surface area contributed by atoms with Crippen LogP contribution in [0.2, 0.25) is 0 Å². The van der Waals surface area contributed by atoms with Gasteiger partial charge in [0.15, 0.2) is 0 Å². The molecule has 1 aromatic heterocycles. The van der Waals surface area contributed by atoms with E-state index < -0.39 is 0 Å². The molecule has 90 valence electrons. The summed E-state index contributed by atoms with van der Waals surface area (Å²) < 4.78 is 0. The monoisotopic (exact) mass is 257 g/mol. The molecular weight excluding hydrogens is 238 g/mol. The van der Waals surface area contributed by atoms with Crippen molar-refractivity contribution in [2.45, 2.75) is 33.7 Å². The Morgan fingerprint density at radius 3 is 2.38 bits per heavy atom. The predicted octanol–water partition coefficient (Wildman–Crippen LogP) is 2.18. The lowest BCUT2D eigenvalue weighted by molar-refractivity contribution is 0.295. The van der Waals surface area contributed by atoms with Gasteiger partial charge in [0.1, 0.15) is 10.00 Å². The van der Waals surface area contributed by atoms with Crippen molar-refractivity contribution >= 4 is 28.5 Å². The van der Waals surface area contributed by atoms with Crippen LogP contribution in [0.4, 0.5) is 0 Å². The molecule has 0 radical (unpaired) electrons. The molecule has 0 amide bonds. The third-order valence-corrected chi connectivity index (χ3v) is 4.00. The highest BCUT2D eigenvalue weighted by Crippen LogP contribution is 2.20. The van der Waals surface area contributed by atoms with Crippen LogP contribution < -0.4 is 5.73 Å². The van der Waals surface area contributed by atoms with Gasteiger partial charge in [0.2, 0.25) is 0 Å². The summed E-state index contributed by atoms with van der Waals surface area (Å²) >= 11 is 6.67. The SMILES string of the molecule is CCc1nc(CN(CC)CC)sc1C(N)=S. The molecule has 0 fully saturated rings. The van der Waals surface area contributed by atoms with Crippen LogP contribution in [-0.2, 0) is 13.0 Å². The quantitative estimate of drug-likeness (QED) is 0.793. The minimum Gasteiger partial charge on any atom is -0.389 e. The Morgan fingerprint density at radius 2 is 2.00 bits per heavy atom. The van der Waals surface area contributed by atoms with Gasteiger partial charge in [0, 0.05) is 0 Å². The van der Waals surface area contributed by atoms with E-state index in [1.54, 1.807) is 11.3 Å². The van der Waals surface area contributed by atoms with Crippen LogP contribution in [-0.4, -0.2) is 28.0 Å². The smallest absolute Gasteiger partial charge is 0.116 e. The summed E-state index contributed by atoms with van der Waals surface area (Å²) in [7, 11) is 0. The molecule has 5 heteroatoms. The summed E-state index contributed by atoms with van der Waals surface area (Å²) in [6.45, 7) is 9.38. The first-order valence-electron chi connectivity index (χ1n) is 5.63. The van der Waals surface area contributed by atoms with Gasteiger partial charge in [0.05, 0.1) is 17.1 Å². The van der Waals surface area contributed by atoms with Crippen molar-refractivity contribution in [3.05, 3.63) is 15.6 Å². The Morgan fingerprint density at radius 1 is 1.38 bits per heavy atom. The van der Waals surface area contributed by atoms with Gasteiger partial charge in [-0.2, -0.15) is 0 Å². The van der Waals surface area contributed by atoms with E-state index in [2.05, 4.69) is 30.7 Å². The average Bonchev–Trinajstić information content (AvgIpc) is 2.69. The summed E-state index contributed by atoms with van der Waals surface area (Å²) in [5.41, 5.74) is 6.73. The first-order valence-corrected chi connectivity index (χ1v) is 6.85. The molecule has 3 nitrogen and oxygen atoms in total. The Bertz CT molecular complexity index is 356. The Balaban J connectivity index is 2.86. The van der Waals surface area contributed by atoms with Crippen LogP contribution in [0.5, 0.6) is 0 Å². The normalized spacial score (nSPS) is 11.0. The number of aromatic nitrogens is 1. The zero-order valence-corrected chi connectivity index (χ0v) is 11.7. The van der Waals surface area contributed by atoms with Crippen LogP contribution in [0, 0.1) is 0 Å². The molecule has 0 saturated heterocycles. The average molecular weight is 257 g/mol. The molecule has 0 atom stereocenters. The van der Waals surface area contributed by atoms with E-state index in [1.165, 1.54) is 0 Å². The number of nitrogens with two attached hydrogens (primary N) is 1. The second-order valence-corrected chi connectivity index (χ2v) is 5.09. The van der Waals surface area contributed by atoms with E-state index in [9.17, 15) is 0 Å². The number of hydrogen-bond acceptors (Lipinski definition) is 4. The Kier molecular flexibility index (Phi) is 5.31. The highest BCUT2D eigenvalue weighted by molar-refractivity contribution is 7.81. The van der Waals surface area contributed by atoms with Crippen LogP contribution in [0.25, 0.3) is 0 Å². The fourth-order valence-electron chi connectivity index (χ4n) is 1.54. The number of thiazole rings is 1. The van der Waals surface area contributed by atoms with Gasteiger partial charge in [-0.25, -0.2) is 4.98 Å². The summed E-state index contributed by atoms with van der Waals surface area (Å²) in [6, 6.07) is 0. The topological polar surface area (TPSA) is 42.2 Å². The van der Waals surface area contributed by atoms with Crippen molar-refractivity contribution in [3.63, 3.8) is 0 Å². The minimum atomic E-state index is 0.472. The van der Waals surface area contributed by atoms with E-state index in [1.807, 2.05) is 0 Å². The van der Waals surface area contributed by atoms with Gasteiger partial charge in [-0.15, -0.1) is 11.3 Å². The van der Waals surface area contributed by atoms with Gasteiger partial charge >= 0.3 is 0 Å². The van der Waals surface area contributed by atoms with E-state index in [-0.39, 0.29) is 0 Å². The van der Waals surface area contributed by atoms with Crippen molar-refractivity contribution in [1.29, 1.82) is 0 Å². The van der Waals surface area contributed by atoms with Crippen molar-refractivity contribution in [3.8, 4) is 0 Å². The fraction of sp³-hybridized carbons (Fsp3) is 0.636. The summed E-state index contributed by atoms with van der Waals surface area (Å²) in [4.78, 5) is 8.39. The van der Waals surface area contributed by atoms with Gasteiger partial charge in [-0.05, 0) is 19.5 Å². The maximum Gasteiger partial charge on any atom is 0.116 e. The van der Waals surface area contributed by atoms with Crippen molar-refractivity contribution in [2.24, 2.45) is 5.73 Å². The molecule has 0 aliphatic heterocycles. The first kappa shape index (κ1) is 13.5. The summed E-state index contributed by atoms with van der Waals surface area (Å²) in [5, 5.41) is 1.11. The molecule has 0 aromatic carbocycles. The maximum atomic E-state index is 5.69. The molecule has 0 bridgehead atoms. The molecule has 0 spiro atoms. The Labute approximate surface area is 107 Å². The molecule has 0 unspecified atom stereocenters. The summed E-state index contributed by atoms with van der Waals surface area (Å²) in [6.07, 6.45) is 0.890. The second kappa shape index (κ2) is 6.27. The number of aryl methyl sites for hydroxylation is 1. The van der Waals surface area contributed by atoms with E-state index in [0.717, 1.165) is 41.6 Å². The van der Waals surface area contributed by atoms with Crippen LogP contribution in [0.3, 0.4) is 0 Å². The predicted molar refractivity (Wildman–Crippen MR) is 74.0 cm³/mol. The Hall–Kier alpha value is -0.520. The zero-order chi connectivity index (χ0) is 12.1. The molecule has 0 aliphatic rings. The number of hydrogen-bond donors (Lipinski definition) is 1. The molecular formula is C11H19N3S2. The molecule has 16 heavy (non-hydrogen) atoms. The fourth-order valence-corrected chi connectivity index (χ4v) is 2.83.